The van der Waals surface area contributed by atoms with E-state index in [1.807, 2.05) is 6.92 Å². The summed E-state index contributed by atoms with van der Waals surface area (Å²) in [5.41, 5.74) is 6.63. The zero-order chi connectivity index (χ0) is 33.6. The molecule has 0 bridgehead atoms. The first-order valence-electron chi connectivity index (χ1n) is 14.1. The molecule has 2 atom stereocenters. The van der Waals surface area contributed by atoms with Gasteiger partial charge >= 0.3 is 6.18 Å². The number of anilines is 2. The monoisotopic (exact) mass is 640 g/mol. The van der Waals surface area contributed by atoms with Crippen LogP contribution in [0.1, 0.15) is 41.9 Å². The first kappa shape index (κ1) is 33.4. The van der Waals surface area contributed by atoms with Crippen LogP contribution in [-0.2, 0) is 28.7 Å². The number of halogens is 3. The van der Waals surface area contributed by atoms with Crippen LogP contribution in [0.4, 0.5) is 24.7 Å². The Morgan fingerprint density at radius 1 is 1.30 bits per heavy atom. The van der Waals surface area contributed by atoms with Crippen molar-refractivity contribution in [2.24, 2.45) is 5.73 Å². The van der Waals surface area contributed by atoms with Crippen LogP contribution in [-0.4, -0.2) is 77.6 Å². The van der Waals surface area contributed by atoms with Gasteiger partial charge in [0, 0.05) is 49.0 Å². The Bertz CT molecular complexity index is 1780. The number of rotatable bonds is 8. The number of carbonyl (C=O) groups excluding carboxylic acids is 2. The highest BCUT2D eigenvalue weighted by Gasteiger charge is 2.38. The van der Waals surface area contributed by atoms with Crippen molar-refractivity contribution in [2.45, 2.75) is 51.5 Å². The smallest absolute Gasteiger partial charge is 0.435 e. The number of likely N-dealkylation sites (tertiary alicyclic amines) is 1. The molecule has 14 nitrogen and oxygen atoms in total. The number of nitrogens with two attached hydrogens (primary N) is 1. The molecule has 1 aliphatic heterocycles. The maximum absolute atomic E-state index is 13.8. The molecule has 5 rings (SSSR count). The Morgan fingerprint density at radius 3 is 2.67 bits per heavy atom. The lowest BCUT2D eigenvalue weighted by molar-refractivity contribution is -0.141. The molecule has 1 aliphatic rings. The molecule has 4 aromatic rings. The average Bonchev–Trinajstić information content (AvgIpc) is 3.75. The van der Waals surface area contributed by atoms with Crippen LogP contribution in [0.25, 0.3) is 16.9 Å². The molecule has 4 heterocycles. The molecule has 0 radical (unpaired) electrons. The lowest BCUT2D eigenvalue weighted by atomic mass is 10.0. The summed E-state index contributed by atoms with van der Waals surface area (Å²) < 4.78 is 43.6. The second-order valence-electron chi connectivity index (χ2n) is 10.3. The van der Waals surface area contributed by atoms with E-state index in [9.17, 15) is 22.8 Å². The molecule has 0 unspecified atom stereocenters. The van der Waals surface area contributed by atoms with Gasteiger partial charge in [-0.25, -0.2) is 9.97 Å². The minimum absolute atomic E-state index is 0.0571. The fraction of sp³-hybridized carbons (Fsp3) is 0.345. The lowest BCUT2D eigenvalue weighted by Gasteiger charge is -2.22. The summed E-state index contributed by atoms with van der Waals surface area (Å²) in [6.07, 6.45) is 1.84. The third kappa shape index (κ3) is 7.24. The molecule has 17 heteroatoms. The van der Waals surface area contributed by atoms with Gasteiger partial charge in [-0.1, -0.05) is 6.92 Å². The van der Waals surface area contributed by atoms with Gasteiger partial charge < -0.3 is 26.4 Å². The van der Waals surface area contributed by atoms with Crippen LogP contribution in [0.5, 0.6) is 0 Å². The van der Waals surface area contributed by atoms with Gasteiger partial charge in [0.2, 0.25) is 5.91 Å². The van der Waals surface area contributed by atoms with E-state index < -0.39 is 17.9 Å². The first-order valence-corrected chi connectivity index (χ1v) is 14.1. The normalized spacial score (nSPS) is 15.1. The van der Waals surface area contributed by atoms with Gasteiger partial charge in [-0.2, -0.15) is 23.5 Å². The first-order chi connectivity index (χ1) is 21.9. The summed E-state index contributed by atoms with van der Waals surface area (Å²) in [7, 11) is 0. The Balaban J connectivity index is 0.00000154. The molecule has 2 amide bonds. The molecule has 1 fully saturated rings. The van der Waals surface area contributed by atoms with Gasteiger partial charge in [0.1, 0.15) is 12.6 Å². The number of nitrogens with zero attached hydrogens (tertiary/aromatic N) is 7. The topological polar surface area (TPSA) is 197 Å². The number of amides is 2. The minimum atomic E-state index is -4.74. The van der Waals surface area contributed by atoms with Gasteiger partial charge in [-0.3, -0.25) is 23.5 Å². The molecular weight excluding hydrogens is 609 g/mol. The number of fused-ring (bicyclic) bond motifs is 1. The molecule has 0 aliphatic carbocycles. The third-order valence-corrected chi connectivity index (χ3v) is 7.21. The summed E-state index contributed by atoms with van der Waals surface area (Å²) >= 11 is 0. The highest BCUT2D eigenvalue weighted by Crippen LogP contribution is 2.37. The van der Waals surface area contributed by atoms with Crippen LogP contribution >= 0.6 is 0 Å². The second-order valence-corrected chi connectivity index (χ2v) is 10.3. The number of hydrogen-bond acceptors (Lipinski definition) is 9. The van der Waals surface area contributed by atoms with E-state index in [2.05, 4.69) is 25.7 Å². The van der Waals surface area contributed by atoms with Gasteiger partial charge in [0.05, 0.1) is 23.5 Å². The maximum atomic E-state index is 13.8. The van der Waals surface area contributed by atoms with Crippen molar-refractivity contribution in [3.63, 3.8) is 0 Å². The number of aryl methyl sites for hydroxylation is 1. The molecule has 242 valence electrons. The van der Waals surface area contributed by atoms with Crippen molar-refractivity contribution < 1.29 is 32.7 Å². The van der Waals surface area contributed by atoms with E-state index in [-0.39, 0.29) is 53.6 Å². The SMILES string of the molecule is CCc1cc(Nc2nccn3c(-c4cn(CC#N)nc4C(F)(F)F)cnc23)ccc1C(=O)N[C@H](C)C(=O)N1CC[C@H](N)C1.O=CO. The summed E-state index contributed by atoms with van der Waals surface area (Å²) in [6.45, 7) is 3.97. The molecule has 5 N–H and O–H groups in total. The molecule has 46 heavy (non-hydrogen) atoms. The van der Waals surface area contributed by atoms with Crippen molar-refractivity contribution in [1.82, 2.24) is 34.4 Å². The second kappa shape index (κ2) is 14.1. The van der Waals surface area contributed by atoms with E-state index >= 15 is 0 Å². The molecule has 3 aromatic heterocycles. The van der Waals surface area contributed by atoms with Crippen molar-refractivity contribution in [2.75, 3.05) is 18.4 Å². The van der Waals surface area contributed by atoms with Gasteiger partial charge in [0.15, 0.2) is 17.2 Å². The molecular formula is C29H31F3N10O4. The highest BCUT2D eigenvalue weighted by molar-refractivity contribution is 5.99. The Labute approximate surface area is 260 Å². The van der Waals surface area contributed by atoms with E-state index in [1.165, 1.54) is 23.0 Å². The highest BCUT2D eigenvalue weighted by atomic mass is 19.4. The maximum Gasteiger partial charge on any atom is 0.435 e. The fourth-order valence-corrected chi connectivity index (χ4v) is 5.10. The lowest BCUT2D eigenvalue weighted by Crippen LogP contribution is -2.46. The summed E-state index contributed by atoms with van der Waals surface area (Å²) in [4.78, 5) is 44.4. The van der Waals surface area contributed by atoms with Crippen molar-refractivity contribution in [3.8, 4) is 17.3 Å². The average molecular weight is 641 g/mol. The van der Waals surface area contributed by atoms with Crippen LogP contribution in [0.15, 0.2) is 43.0 Å². The Hall–Kier alpha value is -5.50. The number of benzene rings is 1. The number of alkyl halides is 3. The number of carboxylic acid groups (broad SMARTS) is 1. The summed E-state index contributed by atoms with van der Waals surface area (Å²) in [5, 5.41) is 25.3. The largest absolute Gasteiger partial charge is 0.483 e. The number of nitrogens with one attached hydrogen (secondary N) is 2. The zero-order valence-corrected chi connectivity index (χ0v) is 24.8. The summed E-state index contributed by atoms with van der Waals surface area (Å²) in [5.74, 6) is -0.298. The Kier molecular flexibility index (Phi) is 10.2. The van der Waals surface area contributed by atoms with E-state index in [4.69, 9.17) is 20.9 Å². The number of hydrogen-bond donors (Lipinski definition) is 4. The summed E-state index contributed by atoms with van der Waals surface area (Å²) in [6, 6.07) is 6.08. The van der Waals surface area contributed by atoms with E-state index in [0.29, 0.717) is 36.3 Å². The number of carbonyl (C=O) groups is 3. The number of nitriles is 1. The zero-order valence-electron chi connectivity index (χ0n) is 24.8. The van der Waals surface area contributed by atoms with Crippen molar-refractivity contribution >= 4 is 35.4 Å². The van der Waals surface area contributed by atoms with Gasteiger partial charge in [-0.05, 0) is 43.5 Å². The van der Waals surface area contributed by atoms with Crippen LogP contribution in [0.3, 0.4) is 0 Å². The predicted molar refractivity (Wildman–Crippen MR) is 159 cm³/mol. The van der Waals surface area contributed by atoms with E-state index in [0.717, 1.165) is 17.3 Å². The standard InChI is InChI=1S/C28H29F3N10O2.CH2O2/c1-3-17-12-19(4-5-20(17)26(42)36-16(2)27(43)39-9-6-18(33)14-39)37-24-25-35-13-22(41(25)11-8-34-24)21-15-40(10-7-32)38-23(21)28(29,30)31;2-1-3/h4-5,8,11-13,15-16,18H,3,6,9-10,14,33H2,1-2H3,(H,34,37)(H,36,42);1H,(H,2,3)/t16-,18+;/m1./s1. The van der Waals surface area contributed by atoms with Crippen LogP contribution in [0, 0.1) is 11.3 Å². The number of imidazole rings is 1. The van der Waals surface area contributed by atoms with Gasteiger partial charge in [0.25, 0.3) is 12.4 Å². The molecule has 0 spiro atoms. The van der Waals surface area contributed by atoms with Crippen LogP contribution in [0.2, 0.25) is 0 Å². The quantitative estimate of drug-likeness (QED) is 0.208. The van der Waals surface area contributed by atoms with Crippen molar-refractivity contribution in [3.05, 3.63) is 59.8 Å². The van der Waals surface area contributed by atoms with E-state index in [1.54, 1.807) is 36.1 Å². The fourth-order valence-electron chi connectivity index (χ4n) is 5.10. The Morgan fingerprint density at radius 2 is 2.04 bits per heavy atom. The molecule has 1 aromatic carbocycles. The van der Waals surface area contributed by atoms with Gasteiger partial charge in [-0.15, -0.1) is 0 Å². The molecule has 0 saturated carbocycles. The molecule has 1 saturated heterocycles. The number of aromatic nitrogens is 5. The minimum Gasteiger partial charge on any atom is -0.483 e. The van der Waals surface area contributed by atoms with Crippen molar-refractivity contribution in [1.29, 1.82) is 5.26 Å². The third-order valence-electron chi connectivity index (χ3n) is 7.21. The van der Waals surface area contributed by atoms with Crippen LogP contribution < -0.4 is 16.4 Å². The predicted octanol–water partition coefficient (Wildman–Crippen LogP) is 2.82.